The van der Waals surface area contributed by atoms with E-state index in [1.54, 1.807) is 18.9 Å². The van der Waals surface area contributed by atoms with E-state index in [2.05, 4.69) is 10.1 Å². The Balaban J connectivity index is 1.87. The van der Waals surface area contributed by atoms with Gasteiger partial charge in [-0.05, 0) is 30.7 Å². The van der Waals surface area contributed by atoms with Gasteiger partial charge in [-0.25, -0.2) is 0 Å². The number of ether oxygens (including phenoxy) is 1. The third-order valence-electron chi connectivity index (χ3n) is 2.62. The van der Waals surface area contributed by atoms with Crippen molar-refractivity contribution in [3.8, 4) is 0 Å². The SMILES string of the molecule is COCCC(N)c1nc(CSc2ccc(Cl)cc2)no1. The molecule has 0 radical (unpaired) electrons. The lowest BCUT2D eigenvalue weighted by molar-refractivity contribution is 0.182. The van der Waals surface area contributed by atoms with Crippen LogP contribution in [0.4, 0.5) is 0 Å². The largest absolute Gasteiger partial charge is 0.385 e. The van der Waals surface area contributed by atoms with Crippen LogP contribution >= 0.6 is 23.4 Å². The minimum atomic E-state index is -0.281. The van der Waals surface area contributed by atoms with E-state index >= 15 is 0 Å². The molecule has 0 spiro atoms. The van der Waals surface area contributed by atoms with E-state index in [-0.39, 0.29) is 6.04 Å². The third-order valence-corrected chi connectivity index (χ3v) is 3.88. The van der Waals surface area contributed by atoms with E-state index in [0.29, 0.717) is 30.5 Å². The molecule has 2 aromatic rings. The molecular weight excluding hydrogens is 298 g/mol. The lowest BCUT2D eigenvalue weighted by Crippen LogP contribution is -2.13. The monoisotopic (exact) mass is 313 g/mol. The van der Waals surface area contributed by atoms with Gasteiger partial charge in [0, 0.05) is 23.6 Å². The Hall–Kier alpha value is -1.08. The van der Waals surface area contributed by atoms with Gasteiger partial charge in [0.25, 0.3) is 0 Å². The molecule has 5 nitrogen and oxygen atoms in total. The average molecular weight is 314 g/mol. The van der Waals surface area contributed by atoms with E-state index in [1.807, 2.05) is 24.3 Å². The first-order chi connectivity index (χ1) is 9.69. The Morgan fingerprint density at radius 3 is 2.85 bits per heavy atom. The summed E-state index contributed by atoms with van der Waals surface area (Å²) in [5.41, 5.74) is 5.92. The van der Waals surface area contributed by atoms with E-state index < -0.39 is 0 Å². The van der Waals surface area contributed by atoms with Gasteiger partial charge >= 0.3 is 0 Å². The molecule has 0 saturated heterocycles. The number of methoxy groups -OCH3 is 1. The first kappa shape index (κ1) is 15.3. The molecule has 0 amide bonds. The van der Waals surface area contributed by atoms with Crippen LogP contribution < -0.4 is 5.73 Å². The van der Waals surface area contributed by atoms with Crippen molar-refractivity contribution in [2.45, 2.75) is 23.1 Å². The number of hydrogen-bond acceptors (Lipinski definition) is 6. The molecule has 2 rings (SSSR count). The number of nitrogens with two attached hydrogens (primary N) is 1. The zero-order chi connectivity index (χ0) is 14.4. The van der Waals surface area contributed by atoms with Crippen LogP contribution in [0.3, 0.4) is 0 Å². The predicted molar refractivity (Wildman–Crippen MR) is 78.7 cm³/mol. The van der Waals surface area contributed by atoms with Crippen LogP contribution in [0.5, 0.6) is 0 Å². The van der Waals surface area contributed by atoms with E-state index in [9.17, 15) is 0 Å². The molecule has 0 aliphatic heterocycles. The van der Waals surface area contributed by atoms with Crippen molar-refractivity contribution in [3.63, 3.8) is 0 Å². The number of hydrogen-bond donors (Lipinski definition) is 1. The maximum atomic E-state index is 5.92. The second-order valence-corrected chi connectivity index (χ2v) is 5.66. The molecule has 0 aliphatic carbocycles. The molecule has 1 atom stereocenters. The highest BCUT2D eigenvalue weighted by molar-refractivity contribution is 7.98. The minimum Gasteiger partial charge on any atom is -0.385 e. The van der Waals surface area contributed by atoms with Gasteiger partial charge in [0.15, 0.2) is 5.82 Å². The normalized spacial score (nSPS) is 12.6. The molecule has 108 valence electrons. The van der Waals surface area contributed by atoms with Gasteiger partial charge < -0.3 is 15.0 Å². The van der Waals surface area contributed by atoms with E-state index in [1.165, 1.54) is 0 Å². The molecule has 1 heterocycles. The number of benzene rings is 1. The van der Waals surface area contributed by atoms with Crippen LogP contribution in [-0.2, 0) is 10.5 Å². The second-order valence-electron chi connectivity index (χ2n) is 4.18. The van der Waals surface area contributed by atoms with E-state index in [0.717, 1.165) is 9.92 Å². The van der Waals surface area contributed by atoms with Gasteiger partial charge in [-0.15, -0.1) is 11.8 Å². The van der Waals surface area contributed by atoms with Crippen molar-refractivity contribution in [3.05, 3.63) is 41.0 Å². The van der Waals surface area contributed by atoms with Crippen LogP contribution in [0.15, 0.2) is 33.7 Å². The van der Waals surface area contributed by atoms with Gasteiger partial charge in [-0.3, -0.25) is 0 Å². The maximum absolute atomic E-state index is 5.92. The number of nitrogens with zero attached hydrogens (tertiary/aromatic N) is 2. The molecule has 1 aromatic heterocycles. The topological polar surface area (TPSA) is 74.2 Å². The predicted octanol–water partition coefficient (Wildman–Crippen LogP) is 3.05. The molecule has 1 unspecified atom stereocenters. The summed E-state index contributed by atoms with van der Waals surface area (Å²) < 4.78 is 10.1. The smallest absolute Gasteiger partial charge is 0.243 e. The van der Waals surface area contributed by atoms with Gasteiger partial charge in [-0.2, -0.15) is 4.98 Å². The summed E-state index contributed by atoms with van der Waals surface area (Å²) in [4.78, 5) is 5.39. The Kier molecular flexibility index (Phi) is 5.85. The molecule has 2 N–H and O–H groups in total. The van der Waals surface area contributed by atoms with Crippen molar-refractivity contribution in [2.75, 3.05) is 13.7 Å². The summed E-state index contributed by atoms with van der Waals surface area (Å²) in [5, 5.41) is 4.65. The van der Waals surface area contributed by atoms with Gasteiger partial charge in [0.05, 0.1) is 11.8 Å². The van der Waals surface area contributed by atoms with Crippen LogP contribution in [0.1, 0.15) is 24.2 Å². The van der Waals surface area contributed by atoms with Crippen LogP contribution in [0.25, 0.3) is 0 Å². The minimum absolute atomic E-state index is 0.281. The summed E-state index contributed by atoms with van der Waals surface area (Å²) in [6, 6.07) is 7.34. The fourth-order valence-electron chi connectivity index (χ4n) is 1.52. The summed E-state index contributed by atoms with van der Waals surface area (Å²) in [6.45, 7) is 0.568. The van der Waals surface area contributed by atoms with Gasteiger partial charge in [0.1, 0.15) is 0 Å². The summed E-state index contributed by atoms with van der Waals surface area (Å²) >= 11 is 7.45. The fourth-order valence-corrected chi connectivity index (χ4v) is 2.39. The Morgan fingerprint density at radius 2 is 2.15 bits per heavy atom. The molecule has 0 bridgehead atoms. The highest BCUT2D eigenvalue weighted by Gasteiger charge is 2.14. The van der Waals surface area contributed by atoms with Gasteiger partial charge in [0.2, 0.25) is 5.89 Å². The first-order valence-corrected chi connectivity index (χ1v) is 7.50. The second kappa shape index (κ2) is 7.64. The molecule has 0 fully saturated rings. The summed E-state index contributed by atoms with van der Waals surface area (Å²) in [5.74, 6) is 1.71. The van der Waals surface area contributed by atoms with Crippen LogP contribution in [-0.4, -0.2) is 23.9 Å². The van der Waals surface area contributed by atoms with Gasteiger partial charge in [-0.1, -0.05) is 16.8 Å². The van der Waals surface area contributed by atoms with Crippen molar-refractivity contribution < 1.29 is 9.26 Å². The maximum Gasteiger partial charge on any atom is 0.243 e. The molecule has 0 saturated carbocycles. The molecule has 0 aliphatic rings. The van der Waals surface area contributed by atoms with Crippen molar-refractivity contribution >= 4 is 23.4 Å². The Bertz CT molecular complexity index is 533. The molecule has 20 heavy (non-hydrogen) atoms. The zero-order valence-corrected chi connectivity index (χ0v) is 12.7. The quantitative estimate of drug-likeness (QED) is 0.792. The number of aromatic nitrogens is 2. The lowest BCUT2D eigenvalue weighted by atomic mass is 10.2. The van der Waals surface area contributed by atoms with Crippen LogP contribution in [0.2, 0.25) is 5.02 Å². The van der Waals surface area contributed by atoms with Crippen molar-refractivity contribution in [2.24, 2.45) is 5.73 Å². The number of halogens is 1. The Morgan fingerprint density at radius 1 is 1.40 bits per heavy atom. The molecule has 7 heteroatoms. The van der Waals surface area contributed by atoms with Crippen molar-refractivity contribution in [1.82, 2.24) is 10.1 Å². The Labute approximate surface area is 126 Å². The highest BCUT2D eigenvalue weighted by atomic mass is 35.5. The zero-order valence-electron chi connectivity index (χ0n) is 11.1. The number of thioether (sulfide) groups is 1. The lowest BCUT2D eigenvalue weighted by Gasteiger charge is -2.04. The third kappa shape index (κ3) is 4.49. The first-order valence-electron chi connectivity index (χ1n) is 6.14. The summed E-state index contributed by atoms with van der Waals surface area (Å²) in [7, 11) is 1.63. The fraction of sp³-hybridized carbons (Fsp3) is 0.385. The van der Waals surface area contributed by atoms with E-state index in [4.69, 9.17) is 26.6 Å². The molecular formula is C13H16ClN3O2S. The highest BCUT2D eigenvalue weighted by Crippen LogP contribution is 2.23. The average Bonchev–Trinajstić information content (AvgIpc) is 2.93. The van der Waals surface area contributed by atoms with Crippen LogP contribution in [0, 0.1) is 0 Å². The van der Waals surface area contributed by atoms with Crippen molar-refractivity contribution in [1.29, 1.82) is 0 Å². The summed E-state index contributed by atoms with van der Waals surface area (Å²) in [6.07, 6.45) is 0.655. The number of rotatable bonds is 7. The molecule has 1 aromatic carbocycles. The standard InChI is InChI=1S/C13H16ClN3O2S/c1-18-7-6-11(15)13-16-12(17-19-13)8-20-10-4-2-9(14)3-5-10/h2-5,11H,6-8,15H2,1H3.